The maximum atomic E-state index is 13.1. The van der Waals surface area contributed by atoms with E-state index >= 15 is 0 Å². The first kappa shape index (κ1) is 20.0. The van der Waals surface area contributed by atoms with E-state index in [-0.39, 0.29) is 12.7 Å². The lowest BCUT2D eigenvalue weighted by molar-refractivity contribution is 0.0950. The third-order valence-corrected chi connectivity index (χ3v) is 8.40. The number of fused-ring (bicyclic) bond motifs is 8. The van der Waals surface area contributed by atoms with Gasteiger partial charge in [0.2, 0.25) is 6.79 Å². The van der Waals surface area contributed by atoms with Gasteiger partial charge < -0.3 is 20.1 Å². The van der Waals surface area contributed by atoms with E-state index in [1.807, 2.05) is 24.3 Å². The molecule has 3 aromatic carbocycles. The molecule has 2 bridgehead atoms. The van der Waals surface area contributed by atoms with Crippen LogP contribution in [0, 0.1) is 17.8 Å². The van der Waals surface area contributed by atoms with Crippen LogP contribution >= 0.6 is 0 Å². The average molecular weight is 453 g/mol. The number of hydrogen-bond acceptors (Lipinski definition) is 4. The van der Waals surface area contributed by atoms with E-state index in [1.165, 1.54) is 36.1 Å². The Labute approximate surface area is 199 Å². The topological polar surface area (TPSA) is 59.6 Å². The highest BCUT2D eigenvalue weighted by Gasteiger charge is 2.53. The minimum atomic E-state index is -0.0367. The van der Waals surface area contributed by atoms with Gasteiger partial charge in [-0.1, -0.05) is 36.4 Å². The van der Waals surface area contributed by atoms with Gasteiger partial charge in [0, 0.05) is 17.8 Å². The van der Waals surface area contributed by atoms with Gasteiger partial charge in [-0.05, 0) is 90.0 Å². The second kappa shape index (κ2) is 7.79. The van der Waals surface area contributed by atoms with Crippen molar-refractivity contribution in [3.63, 3.8) is 0 Å². The second-order valence-electron chi connectivity index (χ2n) is 10.1. The molecule has 4 aliphatic rings. The van der Waals surface area contributed by atoms with Crippen LogP contribution in [0.5, 0.6) is 11.5 Å². The zero-order valence-corrected chi connectivity index (χ0v) is 19.0. The number of rotatable bonds is 4. The Bertz CT molecular complexity index is 1260. The summed E-state index contributed by atoms with van der Waals surface area (Å²) in [6.07, 6.45) is 3.97. The first-order chi connectivity index (χ1) is 16.7. The van der Waals surface area contributed by atoms with Crippen molar-refractivity contribution < 1.29 is 14.3 Å². The highest BCUT2D eigenvalue weighted by Crippen LogP contribution is 2.63. The third kappa shape index (κ3) is 3.17. The molecule has 2 fully saturated rings. The highest BCUT2D eigenvalue weighted by atomic mass is 16.7. The van der Waals surface area contributed by atoms with Crippen LogP contribution in [0.25, 0.3) is 0 Å². The Kier molecular flexibility index (Phi) is 4.57. The Balaban J connectivity index is 1.15. The molecular formula is C29H28N2O3. The van der Waals surface area contributed by atoms with Gasteiger partial charge in [-0.25, -0.2) is 0 Å². The predicted octanol–water partition coefficient (Wildman–Crippen LogP) is 5.64. The summed E-state index contributed by atoms with van der Waals surface area (Å²) in [5.41, 5.74) is 5.63. The van der Waals surface area contributed by atoms with Crippen molar-refractivity contribution in [2.45, 2.75) is 37.8 Å². The van der Waals surface area contributed by atoms with Crippen molar-refractivity contribution in [1.29, 1.82) is 0 Å². The van der Waals surface area contributed by atoms with Gasteiger partial charge in [0.1, 0.15) is 0 Å². The molecule has 34 heavy (non-hydrogen) atoms. The van der Waals surface area contributed by atoms with Gasteiger partial charge in [0.25, 0.3) is 5.91 Å². The van der Waals surface area contributed by atoms with Gasteiger partial charge in [-0.15, -0.1) is 0 Å². The molecule has 7 rings (SSSR count). The lowest BCUT2D eigenvalue weighted by Gasteiger charge is -2.43. The fraction of sp³-hybridized carbons (Fsp3) is 0.345. The number of ether oxygens (including phenoxy) is 2. The number of carbonyl (C=O) groups is 1. The van der Waals surface area contributed by atoms with Crippen LogP contribution < -0.4 is 20.1 Å². The molecule has 172 valence electrons. The number of hydrogen-bond donors (Lipinski definition) is 2. The van der Waals surface area contributed by atoms with E-state index in [4.69, 9.17) is 9.47 Å². The summed E-state index contributed by atoms with van der Waals surface area (Å²) in [5.74, 6) is 4.08. The molecule has 5 nitrogen and oxygen atoms in total. The summed E-state index contributed by atoms with van der Waals surface area (Å²) in [5, 5.41) is 6.95. The summed E-state index contributed by atoms with van der Waals surface area (Å²) in [4.78, 5) is 13.1. The van der Waals surface area contributed by atoms with Crippen LogP contribution in [0.1, 0.15) is 58.3 Å². The Hall–Kier alpha value is -3.47. The summed E-state index contributed by atoms with van der Waals surface area (Å²) < 4.78 is 10.8. The molecule has 0 saturated heterocycles. The Morgan fingerprint density at radius 3 is 2.71 bits per heavy atom. The summed E-state index contributed by atoms with van der Waals surface area (Å²) >= 11 is 0. The molecule has 0 radical (unpaired) electrons. The molecule has 0 spiro atoms. The van der Waals surface area contributed by atoms with Crippen molar-refractivity contribution in [3.05, 3.63) is 89.0 Å². The number of nitrogens with one attached hydrogen (secondary N) is 2. The molecule has 2 aliphatic carbocycles. The summed E-state index contributed by atoms with van der Waals surface area (Å²) in [6, 6.07) is 23.2. The Morgan fingerprint density at radius 2 is 1.79 bits per heavy atom. The SMILES string of the molecule is O=C(NCc1ccc2c(c1)OCO2)c1ccc2c(c1)[C@@H]1[C@H]3CC[C@@H](C3)[C@H]1[C@@H](c1ccccc1)N2. The molecule has 2 aliphatic heterocycles. The minimum Gasteiger partial charge on any atom is -0.454 e. The second-order valence-corrected chi connectivity index (χ2v) is 10.1. The monoisotopic (exact) mass is 452 g/mol. The van der Waals surface area contributed by atoms with Gasteiger partial charge in [-0.3, -0.25) is 4.79 Å². The van der Waals surface area contributed by atoms with E-state index in [2.05, 4.69) is 53.1 Å². The first-order valence-electron chi connectivity index (χ1n) is 12.4. The van der Waals surface area contributed by atoms with Gasteiger partial charge in [0.15, 0.2) is 11.5 Å². The molecule has 2 heterocycles. The van der Waals surface area contributed by atoms with Crippen molar-refractivity contribution in [2.24, 2.45) is 17.8 Å². The normalized spacial score (nSPS) is 27.6. The smallest absolute Gasteiger partial charge is 0.251 e. The van der Waals surface area contributed by atoms with Crippen molar-refractivity contribution >= 4 is 11.6 Å². The quantitative estimate of drug-likeness (QED) is 0.538. The maximum Gasteiger partial charge on any atom is 0.251 e. The Morgan fingerprint density at radius 1 is 0.941 bits per heavy atom. The van der Waals surface area contributed by atoms with Crippen molar-refractivity contribution in [3.8, 4) is 11.5 Å². The molecular weight excluding hydrogens is 424 g/mol. The fourth-order valence-electron chi connectivity index (χ4n) is 6.95. The van der Waals surface area contributed by atoms with Gasteiger partial charge in [-0.2, -0.15) is 0 Å². The van der Waals surface area contributed by atoms with Crippen molar-refractivity contribution in [2.75, 3.05) is 12.1 Å². The zero-order valence-electron chi connectivity index (χ0n) is 19.0. The van der Waals surface area contributed by atoms with Gasteiger partial charge >= 0.3 is 0 Å². The predicted molar refractivity (Wildman–Crippen MR) is 130 cm³/mol. The molecule has 5 heteroatoms. The van der Waals surface area contributed by atoms with Crippen molar-refractivity contribution in [1.82, 2.24) is 5.32 Å². The average Bonchev–Trinajstić information content (AvgIpc) is 3.63. The lowest BCUT2D eigenvalue weighted by atomic mass is 9.68. The van der Waals surface area contributed by atoms with E-state index < -0.39 is 0 Å². The van der Waals surface area contributed by atoms with Crippen LogP contribution in [0.15, 0.2) is 66.7 Å². The van der Waals surface area contributed by atoms with Crippen LogP contribution in [0.2, 0.25) is 0 Å². The fourth-order valence-corrected chi connectivity index (χ4v) is 6.95. The molecule has 2 N–H and O–H groups in total. The molecule has 2 saturated carbocycles. The van der Waals surface area contributed by atoms with E-state index in [9.17, 15) is 4.79 Å². The van der Waals surface area contributed by atoms with Crippen LogP contribution in [-0.2, 0) is 6.54 Å². The first-order valence-corrected chi connectivity index (χ1v) is 12.4. The summed E-state index contributed by atoms with van der Waals surface area (Å²) in [7, 11) is 0. The molecule has 3 aromatic rings. The zero-order chi connectivity index (χ0) is 22.6. The number of amides is 1. The molecule has 5 atom stereocenters. The third-order valence-electron chi connectivity index (χ3n) is 8.40. The molecule has 1 amide bonds. The van der Waals surface area contributed by atoms with E-state index in [0.717, 1.165) is 34.5 Å². The van der Waals surface area contributed by atoms with Crippen LogP contribution in [0.3, 0.4) is 0 Å². The number of anilines is 1. The van der Waals surface area contributed by atoms with Gasteiger partial charge in [0.05, 0.1) is 6.04 Å². The minimum absolute atomic E-state index is 0.0367. The highest BCUT2D eigenvalue weighted by molar-refractivity contribution is 5.95. The van der Waals surface area contributed by atoms with E-state index in [1.54, 1.807) is 0 Å². The maximum absolute atomic E-state index is 13.1. The van der Waals surface area contributed by atoms with Crippen LogP contribution in [-0.4, -0.2) is 12.7 Å². The largest absolute Gasteiger partial charge is 0.454 e. The molecule has 0 unspecified atom stereocenters. The number of carbonyl (C=O) groups excluding carboxylic acids is 1. The molecule has 0 aromatic heterocycles. The summed E-state index contributed by atoms with van der Waals surface area (Å²) in [6.45, 7) is 0.709. The van der Waals surface area contributed by atoms with E-state index in [0.29, 0.717) is 24.4 Å². The lowest BCUT2D eigenvalue weighted by Crippen LogP contribution is -2.35. The van der Waals surface area contributed by atoms with Crippen LogP contribution in [0.4, 0.5) is 5.69 Å². The standard InChI is InChI=1S/C29H28N2O3/c32-29(30-15-17-6-11-24-25(12-17)34-16-33-24)21-9-10-23-22(14-21)26-19-7-8-20(13-19)27(26)28(31-23)18-4-2-1-3-5-18/h1-6,9-12,14,19-20,26-28,31H,7-8,13,15-16H2,(H,30,32)/t19-,20-,26-,27+,28+/m0/s1. The number of benzene rings is 3.